The molecular formula is C15H27N3S. The van der Waals surface area contributed by atoms with Gasteiger partial charge in [-0.3, -0.25) is 4.90 Å². The van der Waals surface area contributed by atoms with Gasteiger partial charge in [0.25, 0.3) is 0 Å². The summed E-state index contributed by atoms with van der Waals surface area (Å²) >= 11 is 1.80. The molecule has 0 amide bonds. The molecule has 0 radical (unpaired) electrons. The summed E-state index contributed by atoms with van der Waals surface area (Å²) in [5.41, 5.74) is 1.15. The maximum atomic E-state index is 4.68. The van der Waals surface area contributed by atoms with E-state index in [2.05, 4.69) is 55.2 Å². The van der Waals surface area contributed by atoms with Gasteiger partial charge in [-0.05, 0) is 26.2 Å². The predicted octanol–water partition coefficient (Wildman–Crippen LogP) is 3.22. The highest BCUT2D eigenvalue weighted by Crippen LogP contribution is 2.28. The maximum absolute atomic E-state index is 4.68. The van der Waals surface area contributed by atoms with Gasteiger partial charge in [-0.2, -0.15) is 0 Å². The Balaban J connectivity index is 2.13. The second-order valence-corrected chi connectivity index (χ2v) is 6.91. The summed E-state index contributed by atoms with van der Waals surface area (Å²) in [5, 5.41) is 7.13. The molecule has 4 heteroatoms. The average Bonchev–Trinajstić information content (AvgIpc) is 2.83. The molecule has 2 rings (SSSR count). The Morgan fingerprint density at radius 1 is 1.47 bits per heavy atom. The van der Waals surface area contributed by atoms with E-state index >= 15 is 0 Å². The SMILES string of the molecule is CCC1CNC(C(C)C)CN1C(C)c1nc(C)cs1. The first-order valence-electron chi connectivity index (χ1n) is 7.44. The third-order valence-electron chi connectivity index (χ3n) is 4.26. The van der Waals surface area contributed by atoms with Crippen molar-refractivity contribution in [1.29, 1.82) is 0 Å². The molecule has 0 spiro atoms. The summed E-state index contributed by atoms with van der Waals surface area (Å²) in [5.74, 6) is 0.686. The largest absolute Gasteiger partial charge is 0.311 e. The number of piperazine rings is 1. The van der Waals surface area contributed by atoms with Crippen molar-refractivity contribution in [2.75, 3.05) is 13.1 Å². The molecule has 1 aromatic heterocycles. The van der Waals surface area contributed by atoms with Crippen molar-refractivity contribution in [1.82, 2.24) is 15.2 Å². The zero-order chi connectivity index (χ0) is 14.0. The lowest BCUT2D eigenvalue weighted by molar-refractivity contribution is 0.0735. The molecule has 2 heterocycles. The van der Waals surface area contributed by atoms with Gasteiger partial charge in [-0.1, -0.05) is 20.8 Å². The molecule has 1 fully saturated rings. The first-order chi connectivity index (χ1) is 9.02. The topological polar surface area (TPSA) is 28.2 Å². The molecule has 19 heavy (non-hydrogen) atoms. The Labute approximate surface area is 121 Å². The fraction of sp³-hybridized carbons (Fsp3) is 0.800. The van der Waals surface area contributed by atoms with Gasteiger partial charge in [0.15, 0.2) is 0 Å². The number of hydrogen-bond acceptors (Lipinski definition) is 4. The van der Waals surface area contributed by atoms with E-state index in [1.54, 1.807) is 11.3 Å². The van der Waals surface area contributed by atoms with E-state index in [0.717, 1.165) is 18.8 Å². The third-order valence-corrected chi connectivity index (χ3v) is 5.39. The van der Waals surface area contributed by atoms with Gasteiger partial charge in [0.1, 0.15) is 5.01 Å². The summed E-state index contributed by atoms with van der Waals surface area (Å²) in [4.78, 5) is 7.33. The number of rotatable bonds is 4. The molecule has 1 aromatic rings. The second-order valence-electron chi connectivity index (χ2n) is 6.02. The van der Waals surface area contributed by atoms with Crippen LogP contribution >= 0.6 is 11.3 Å². The fourth-order valence-corrected chi connectivity index (χ4v) is 3.72. The van der Waals surface area contributed by atoms with Gasteiger partial charge >= 0.3 is 0 Å². The first-order valence-corrected chi connectivity index (χ1v) is 8.32. The molecule has 1 aliphatic rings. The number of aromatic nitrogens is 1. The van der Waals surface area contributed by atoms with E-state index in [1.165, 1.54) is 11.4 Å². The zero-order valence-electron chi connectivity index (χ0n) is 12.8. The normalized spacial score (nSPS) is 26.8. The van der Waals surface area contributed by atoms with Crippen molar-refractivity contribution < 1.29 is 0 Å². The van der Waals surface area contributed by atoms with Crippen LogP contribution in [-0.2, 0) is 0 Å². The Morgan fingerprint density at radius 2 is 2.21 bits per heavy atom. The summed E-state index contributed by atoms with van der Waals surface area (Å²) in [6.07, 6.45) is 1.20. The predicted molar refractivity (Wildman–Crippen MR) is 82.7 cm³/mol. The second kappa shape index (κ2) is 6.33. The number of aryl methyl sites for hydroxylation is 1. The third kappa shape index (κ3) is 3.36. The molecule has 3 nitrogen and oxygen atoms in total. The monoisotopic (exact) mass is 281 g/mol. The van der Waals surface area contributed by atoms with Gasteiger partial charge < -0.3 is 5.32 Å². The van der Waals surface area contributed by atoms with Crippen molar-refractivity contribution in [3.63, 3.8) is 0 Å². The van der Waals surface area contributed by atoms with E-state index in [0.29, 0.717) is 24.0 Å². The van der Waals surface area contributed by atoms with Crippen molar-refractivity contribution in [2.24, 2.45) is 5.92 Å². The highest BCUT2D eigenvalue weighted by atomic mass is 32.1. The van der Waals surface area contributed by atoms with Crippen molar-refractivity contribution in [3.8, 4) is 0 Å². The quantitative estimate of drug-likeness (QED) is 0.918. The van der Waals surface area contributed by atoms with Crippen LogP contribution in [0.4, 0.5) is 0 Å². The molecule has 108 valence electrons. The van der Waals surface area contributed by atoms with Crippen molar-refractivity contribution in [2.45, 2.75) is 59.2 Å². The number of nitrogens with one attached hydrogen (secondary N) is 1. The number of hydrogen-bond donors (Lipinski definition) is 1. The van der Waals surface area contributed by atoms with Crippen LogP contribution in [0.3, 0.4) is 0 Å². The van der Waals surface area contributed by atoms with Crippen molar-refractivity contribution in [3.05, 3.63) is 16.1 Å². The highest BCUT2D eigenvalue weighted by Gasteiger charge is 2.32. The van der Waals surface area contributed by atoms with Crippen LogP contribution in [0.2, 0.25) is 0 Å². The molecule has 1 aliphatic heterocycles. The van der Waals surface area contributed by atoms with Crippen molar-refractivity contribution >= 4 is 11.3 Å². The van der Waals surface area contributed by atoms with Gasteiger partial charge in [0.05, 0.1) is 6.04 Å². The molecule has 0 bridgehead atoms. The standard InChI is InChI=1S/C15H27N3S/c1-6-13-7-16-14(10(2)3)8-18(13)12(5)15-17-11(4)9-19-15/h9-10,12-14,16H,6-8H2,1-5H3. The van der Waals surface area contributed by atoms with Crippen LogP contribution in [0.15, 0.2) is 5.38 Å². The zero-order valence-corrected chi connectivity index (χ0v) is 13.6. The smallest absolute Gasteiger partial charge is 0.110 e. The van der Waals surface area contributed by atoms with E-state index in [1.807, 2.05) is 0 Å². The number of nitrogens with zero attached hydrogens (tertiary/aromatic N) is 2. The lowest BCUT2D eigenvalue weighted by Gasteiger charge is -2.44. The van der Waals surface area contributed by atoms with Gasteiger partial charge in [0.2, 0.25) is 0 Å². The molecule has 0 aromatic carbocycles. The lowest BCUT2D eigenvalue weighted by atomic mass is 9.97. The first kappa shape index (κ1) is 14.9. The Morgan fingerprint density at radius 3 is 2.74 bits per heavy atom. The maximum Gasteiger partial charge on any atom is 0.110 e. The molecular weight excluding hydrogens is 254 g/mol. The van der Waals surface area contributed by atoms with Crippen LogP contribution in [0.1, 0.15) is 50.9 Å². The van der Waals surface area contributed by atoms with Gasteiger partial charge in [-0.25, -0.2) is 4.98 Å². The summed E-state index contributed by atoms with van der Waals surface area (Å²) in [7, 11) is 0. The van der Waals surface area contributed by atoms with E-state index < -0.39 is 0 Å². The van der Waals surface area contributed by atoms with Crippen LogP contribution in [0, 0.1) is 12.8 Å². The molecule has 3 unspecified atom stereocenters. The fourth-order valence-electron chi connectivity index (χ4n) is 2.85. The summed E-state index contributed by atoms with van der Waals surface area (Å²) in [6, 6.07) is 1.67. The highest BCUT2D eigenvalue weighted by molar-refractivity contribution is 7.09. The van der Waals surface area contributed by atoms with Gasteiger partial charge in [-0.15, -0.1) is 11.3 Å². The van der Waals surface area contributed by atoms with E-state index in [-0.39, 0.29) is 0 Å². The van der Waals surface area contributed by atoms with E-state index in [9.17, 15) is 0 Å². The van der Waals surface area contributed by atoms with Crippen LogP contribution in [-0.4, -0.2) is 35.1 Å². The molecule has 1 saturated heterocycles. The summed E-state index contributed by atoms with van der Waals surface area (Å²) < 4.78 is 0. The minimum atomic E-state index is 0.437. The molecule has 0 saturated carbocycles. The summed E-state index contributed by atoms with van der Waals surface area (Å²) in [6.45, 7) is 13.5. The van der Waals surface area contributed by atoms with Gasteiger partial charge in [0, 0.05) is 36.2 Å². The van der Waals surface area contributed by atoms with E-state index in [4.69, 9.17) is 0 Å². The lowest BCUT2D eigenvalue weighted by Crippen LogP contribution is -2.58. The minimum Gasteiger partial charge on any atom is -0.311 e. The van der Waals surface area contributed by atoms with Crippen LogP contribution in [0.25, 0.3) is 0 Å². The van der Waals surface area contributed by atoms with Crippen LogP contribution < -0.4 is 5.32 Å². The Bertz CT molecular complexity index is 402. The molecule has 1 N–H and O–H groups in total. The minimum absolute atomic E-state index is 0.437. The average molecular weight is 281 g/mol. The molecule has 0 aliphatic carbocycles. The Kier molecular flexibility index (Phi) is 4.98. The number of thiazole rings is 1. The Hall–Kier alpha value is -0.450. The molecule has 3 atom stereocenters. The van der Waals surface area contributed by atoms with Crippen LogP contribution in [0.5, 0.6) is 0 Å².